The molecule has 29 heavy (non-hydrogen) atoms. The molecule has 4 rings (SSSR count). The van der Waals surface area contributed by atoms with Gasteiger partial charge in [-0.2, -0.15) is 15.3 Å². The van der Waals surface area contributed by atoms with Crippen LogP contribution in [0.2, 0.25) is 0 Å². The van der Waals surface area contributed by atoms with Crippen molar-refractivity contribution >= 4 is 11.6 Å². The van der Waals surface area contributed by atoms with Crippen LogP contribution >= 0.6 is 0 Å². The molecule has 2 N–H and O–H groups in total. The van der Waals surface area contributed by atoms with Crippen molar-refractivity contribution in [2.75, 3.05) is 30.8 Å². The molecule has 0 spiro atoms. The molecule has 1 atom stereocenters. The topological polar surface area (TPSA) is 119 Å². The van der Waals surface area contributed by atoms with Crippen molar-refractivity contribution < 1.29 is 4.74 Å². The van der Waals surface area contributed by atoms with Gasteiger partial charge in [-0.05, 0) is 38.5 Å². The SMILES string of the molecule is CO[C@@H]1CCN(c2cccc(-c3nc(-n4nc(C)cc4C)nc(N)c3C#N)n2)C1. The van der Waals surface area contributed by atoms with E-state index in [0.717, 1.165) is 36.7 Å². The number of nitriles is 1. The lowest BCUT2D eigenvalue weighted by molar-refractivity contribution is 0.121. The number of pyridine rings is 1. The van der Waals surface area contributed by atoms with E-state index < -0.39 is 0 Å². The van der Waals surface area contributed by atoms with Crippen LogP contribution in [0.5, 0.6) is 0 Å². The van der Waals surface area contributed by atoms with Crippen LogP contribution in [0.25, 0.3) is 17.3 Å². The van der Waals surface area contributed by atoms with E-state index in [2.05, 4.69) is 26.0 Å². The summed E-state index contributed by atoms with van der Waals surface area (Å²) in [5, 5.41) is 14.1. The van der Waals surface area contributed by atoms with Gasteiger partial charge in [0, 0.05) is 25.9 Å². The fourth-order valence-corrected chi connectivity index (χ4v) is 3.55. The second kappa shape index (κ2) is 7.48. The van der Waals surface area contributed by atoms with Crippen molar-refractivity contribution in [1.29, 1.82) is 5.26 Å². The number of hydrogen-bond acceptors (Lipinski definition) is 8. The summed E-state index contributed by atoms with van der Waals surface area (Å²) in [5.74, 6) is 1.23. The molecule has 0 bridgehead atoms. The highest BCUT2D eigenvalue weighted by Crippen LogP contribution is 2.27. The van der Waals surface area contributed by atoms with Gasteiger partial charge in [0.2, 0.25) is 0 Å². The van der Waals surface area contributed by atoms with E-state index >= 15 is 0 Å². The van der Waals surface area contributed by atoms with E-state index in [4.69, 9.17) is 15.5 Å². The number of hydrogen-bond donors (Lipinski definition) is 1. The van der Waals surface area contributed by atoms with Gasteiger partial charge in [0.25, 0.3) is 5.95 Å². The van der Waals surface area contributed by atoms with Crippen LogP contribution in [0, 0.1) is 25.2 Å². The van der Waals surface area contributed by atoms with Crippen LogP contribution in [0.1, 0.15) is 23.4 Å². The molecule has 1 saturated heterocycles. The summed E-state index contributed by atoms with van der Waals surface area (Å²) in [4.78, 5) is 15.8. The average Bonchev–Trinajstić information content (AvgIpc) is 3.33. The average molecular weight is 390 g/mol. The normalized spacial score (nSPS) is 16.2. The lowest BCUT2D eigenvalue weighted by atomic mass is 10.1. The molecule has 1 aliphatic heterocycles. The van der Waals surface area contributed by atoms with Crippen LogP contribution in [-0.4, -0.2) is 51.0 Å². The maximum absolute atomic E-state index is 9.64. The zero-order valence-corrected chi connectivity index (χ0v) is 16.6. The Morgan fingerprint density at radius 3 is 2.72 bits per heavy atom. The van der Waals surface area contributed by atoms with Crippen LogP contribution in [0.15, 0.2) is 24.3 Å². The van der Waals surface area contributed by atoms with Crippen molar-refractivity contribution in [3.63, 3.8) is 0 Å². The molecule has 0 aromatic carbocycles. The largest absolute Gasteiger partial charge is 0.382 e. The number of nitrogens with zero attached hydrogens (tertiary/aromatic N) is 7. The third-order valence-electron chi connectivity index (χ3n) is 5.02. The molecule has 9 nitrogen and oxygen atoms in total. The Bertz CT molecular complexity index is 1100. The summed E-state index contributed by atoms with van der Waals surface area (Å²) in [6.07, 6.45) is 1.15. The Kier molecular flexibility index (Phi) is 4.86. The minimum absolute atomic E-state index is 0.105. The quantitative estimate of drug-likeness (QED) is 0.719. The number of nitrogens with two attached hydrogens (primary N) is 1. The number of methoxy groups -OCH3 is 1. The number of aryl methyl sites for hydroxylation is 2. The molecule has 3 aromatic heterocycles. The second-order valence-electron chi connectivity index (χ2n) is 7.06. The van der Waals surface area contributed by atoms with Gasteiger partial charge in [-0.25, -0.2) is 14.6 Å². The molecular formula is C20H22N8O. The number of anilines is 2. The van der Waals surface area contributed by atoms with Gasteiger partial charge in [-0.15, -0.1) is 0 Å². The summed E-state index contributed by atoms with van der Waals surface area (Å²) in [6.45, 7) is 5.45. The lowest BCUT2D eigenvalue weighted by Gasteiger charge is -2.18. The van der Waals surface area contributed by atoms with Crippen molar-refractivity contribution in [2.45, 2.75) is 26.4 Å². The first kappa shape index (κ1) is 18.8. The predicted molar refractivity (Wildman–Crippen MR) is 109 cm³/mol. The van der Waals surface area contributed by atoms with Crippen molar-refractivity contribution in [3.05, 3.63) is 41.2 Å². The summed E-state index contributed by atoms with van der Waals surface area (Å²) in [6, 6.07) is 9.71. The van der Waals surface area contributed by atoms with E-state index in [-0.39, 0.29) is 17.5 Å². The van der Waals surface area contributed by atoms with Gasteiger partial charge in [0.15, 0.2) is 0 Å². The first-order valence-electron chi connectivity index (χ1n) is 9.36. The van der Waals surface area contributed by atoms with Crippen LogP contribution in [0.3, 0.4) is 0 Å². The van der Waals surface area contributed by atoms with Crippen molar-refractivity contribution in [3.8, 4) is 23.4 Å². The summed E-state index contributed by atoms with van der Waals surface area (Å²) >= 11 is 0. The molecule has 4 heterocycles. The van der Waals surface area contributed by atoms with Gasteiger partial charge in [0.05, 0.1) is 17.5 Å². The number of ether oxygens (including phenoxy) is 1. The maximum Gasteiger partial charge on any atom is 0.253 e. The van der Waals surface area contributed by atoms with Gasteiger partial charge in [-0.3, -0.25) is 0 Å². The highest BCUT2D eigenvalue weighted by Gasteiger charge is 2.24. The summed E-state index contributed by atoms with van der Waals surface area (Å²) in [7, 11) is 1.72. The number of rotatable bonds is 4. The molecule has 0 unspecified atom stereocenters. The van der Waals surface area contributed by atoms with Crippen molar-refractivity contribution in [1.82, 2.24) is 24.7 Å². The first-order valence-corrected chi connectivity index (χ1v) is 9.36. The molecular weight excluding hydrogens is 368 g/mol. The zero-order valence-electron chi connectivity index (χ0n) is 16.6. The molecule has 1 fully saturated rings. The minimum atomic E-state index is 0.105. The summed E-state index contributed by atoms with van der Waals surface area (Å²) in [5.41, 5.74) is 8.98. The Balaban J connectivity index is 1.79. The molecule has 1 aliphatic rings. The van der Waals surface area contributed by atoms with Crippen LogP contribution < -0.4 is 10.6 Å². The molecule has 148 valence electrons. The molecule has 0 aliphatic carbocycles. The van der Waals surface area contributed by atoms with Gasteiger partial charge in [0.1, 0.15) is 29.0 Å². The Morgan fingerprint density at radius 2 is 2.07 bits per heavy atom. The lowest BCUT2D eigenvalue weighted by Crippen LogP contribution is -2.23. The smallest absolute Gasteiger partial charge is 0.253 e. The van der Waals surface area contributed by atoms with E-state index in [1.165, 1.54) is 0 Å². The first-order chi connectivity index (χ1) is 14.0. The maximum atomic E-state index is 9.64. The third-order valence-corrected chi connectivity index (χ3v) is 5.02. The highest BCUT2D eigenvalue weighted by atomic mass is 16.5. The third kappa shape index (κ3) is 3.50. The molecule has 3 aromatic rings. The van der Waals surface area contributed by atoms with Crippen molar-refractivity contribution in [2.24, 2.45) is 0 Å². The standard InChI is InChI=1S/C20H22N8O/c1-12-9-13(2)28(26-12)20-24-18(15(10-21)19(22)25-20)16-5-4-6-17(23-16)27-8-7-14(11-27)29-3/h4-6,9,14H,7-8,11H2,1-3H3,(H2,22,24,25)/t14-/m1/s1. The fourth-order valence-electron chi connectivity index (χ4n) is 3.55. The Morgan fingerprint density at radius 1 is 1.24 bits per heavy atom. The van der Waals surface area contributed by atoms with E-state index in [0.29, 0.717) is 17.3 Å². The van der Waals surface area contributed by atoms with Gasteiger partial charge >= 0.3 is 0 Å². The van der Waals surface area contributed by atoms with E-state index in [1.54, 1.807) is 11.8 Å². The van der Waals surface area contributed by atoms with Crippen LogP contribution in [-0.2, 0) is 4.74 Å². The Labute approximate surface area is 168 Å². The fraction of sp³-hybridized carbons (Fsp3) is 0.350. The van der Waals surface area contributed by atoms with Crippen LogP contribution in [0.4, 0.5) is 11.6 Å². The number of nitrogen functional groups attached to an aromatic ring is 1. The molecule has 9 heteroatoms. The second-order valence-corrected chi connectivity index (χ2v) is 7.06. The number of aromatic nitrogens is 5. The zero-order chi connectivity index (χ0) is 20.5. The predicted octanol–water partition coefficient (Wildman–Crippen LogP) is 2.02. The Hall–Kier alpha value is -3.51. The molecule has 0 amide bonds. The highest BCUT2D eigenvalue weighted by molar-refractivity contribution is 5.71. The molecule has 0 saturated carbocycles. The summed E-state index contributed by atoms with van der Waals surface area (Å²) < 4.78 is 7.06. The van der Waals surface area contributed by atoms with E-state index in [1.807, 2.05) is 38.1 Å². The minimum Gasteiger partial charge on any atom is -0.382 e. The van der Waals surface area contributed by atoms with E-state index in [9.17, 15) is 5.26 Å². The molecule has 0 radical (unpaired) electrons. The van der Waals surface area contributed by atoms with Gasteiger partial charge in [-0.1, -0.05) is 6.07 Å². The van der Waals surface area contributed by atoms with Gasteiger partial charge < -0.3 is 15.4 Å². The monoisotopic (exact) mass is 390 g/mol.